The second-order valence-electron chi connectivity index (χ2n) is 8.81. The van der Waals surface area contributed by atoms with E-state index in [1.807, 2.05) is 44.7 Å². The highest BCUT2D eigenvalue weighted by Crippen LogP contribution is 2.42. The van der Waals surface area contributed by atoms with Crippen LogP contribution in [-0.4, -0.2) is 61.0 Å². The third-order valence-electron chi connectivity index (χ3n) is 6.68. The SMILES string of the molecule is Cc1nn(C)cc1NC(=O)CN1C[C@H]2C[C@@H](n3cnc4ccccc43)[C@H](O)C[C@H]2C1. The summed E-state index contributed by atoms with van der Waals surface area (Å²) in [6, 6.07) is 8.10. The molecular formula is C22H28N6O2. The molecule has 2 aromatic heterocycles. The molecule has 3 aromatic rings. The molecule has 1 amide bonds. The molecular weight excluding hydrogens is 380 g/mol. The van der Waals surface area contributed by atoms with Gasteiger partial charge in [0.05, 0.1) is 47.4 Å². The normalized spacial score (nSPS) is 26.8. The average Bonchev–Trinajstić information content (AvgIpc) is 3.37. The summed E-state index contributed by atoms with van der Waals surface area (Å²) in [5, 5.41) is 18.1. The van der Waals surface area contributed by atoms with Crippen molar-refractivity contribution in [3.63, 3.8) is 0 Å². The summed E-state index contributed by atoms with van der Waals surface area (Å²) in [5.74, 6) is 0.897. The summed E-state index contributed by atoms with van der Waals surface area (Å²) in [7, 11) is 1.85. The predicted octanol–water partition coefficient (Wildman–Crippen LogP) is 1.96. The van der Waals surface area contributed by atoms with Crippen LogP contribution in [0, 0.1) is 18.8 Å². The Morgan fingerprint density at radius 1 is 1.23 bits per heavy atom. The fourth-order valence-electron chi connectivity index (χ4n) is 5.29. The van der Waals surface area contributed by atoms with Crippen LogP contribution < -0.4 is 5.32 Å². The number of hydrogen-bond acceptors (Lipinski definition) is 5. The number of aliphatic hydroxyl groups excluding tert-OH is 1. The van der Waals surface area contributed by atoms with Gasteiger partial charge in [-0.3, -0.25) is 14.4 Å². The maximum absolute atomic E-state index is 12.5. The minimum atomic E-state index is -0.393. The number of imidazole rings is 1. The summed E-state index contributed by atoms with van der Waals surface area (Å²) in [6.07, 6.45) is 4.96. The van der Waals surface area contributed by atoms with E-state index in [-0.39, 0.29) is 11.9 Å². The number of benzene rings is 1. The van der Waals surface area contributed by atoms with Crippen molar-refractivity contribution in [3.05, 3.63) is 42.5 Å². The van der Waals surface area contributed by atoms with E-state index < -0.39 is 6.10 Å². The van der Waals surface area contributed by atoms with Gasteiger partial charge in [0.15, 0.2) is 0 Å². The van der Waals surface area contributed by atoms with Crippen molar-refractivity contribution in [1.29, 1.82) is 0 Å². The number of amides is 1. The lowest BCUT2D eigenvalue weighted by atomic mass is 9.77. The molecule has 1 saturated heterocycles. The number of anilines is 1. The number of fused-ring (bicyclic) bond motifs is 2. The first-order chi connectivity index (χ1) is 14.5. The molecule has 0 unspecified atom stereocenters. The number of nitrogens with zero attached hydrogens (tertiary/aromatic N) is 5. The zero-order valence-electron chi connectivity index (χ0n) is 17.4. The third-order valence-corrected chi connectivity index (χ3v) is 6.68. The van der Waals surface area contributed by atoms with Crippen molar-refractivity contribution in [2.24, 2.45) is 18.9 Å². The highest BCUT2D eigenvalue weighted by molar-refractivity contribution is 5.92. The van der Waals surface area contributed by atoms with Gasteiger partial charge in [-0.2, -0.15) is 5.10 Å². The summed E-state index contributed by atoms with van der Waals surface area (Å²) in [4.78, 5) is 19.3. The standard InChI is InChI=1S/C22H28N6O2/c1-14-18(11-26(2)25-14)24-22(30)12-27-9-15-7-20(21(29)8-16(15)10-27)28-13-23-17-5-3-4-6-19(17)28/h3-6,11,13,15-16,20-21,29H,7-10,12H2,1-2H3,(H,24,30)/t15-,16+,20-,21-/m1/s1. The van der Waals surface area contributed by atoms with Gasteiger partial charge >= 0.3 is 0 Å². The number of nitrogens with one attached hydrogen (secondary N) is 1. The van der Waals surface area contributed by atoms with E-state index in [9.17, 15) is 9.90 Å². The molecule has 3 heterocycles. The highest BCUT2D eigenvalue weighted by atomic mass is 16.3. The lowest BCUT2D eigenvalue weighted by Gasteiger charge is -2.36. The molecule has 1 aliphatic heterocycles. The topological polar surface area (TPSA) is 88.2 Å². The van der Waals surface area contributed by atoms with Gasteiger partial charge in [0.25, 0.3) is 0 Å². The molecule has 2 N–H and O–H groups in total. The molecule has 0 spiro atoms. The molecule has 5 rings (SSSR count). The molecule has 0 bridgehead atoms. The Hall–Kier alpha value is -2.71. The molecule has 0 radical (unpaired) electrons. The highest BCUT2D eigenvalue weighted by Gasteiger charge is 2.42. The van der Waals surface area contributed by atoms with Gasteiger partial charge < -0.3 is 15.0 Å². The number of hydrogen-bond donors (Lipinski definition) is 2. The average molecular weight is 409 g/mol. The lowest BCUT2D eigenvalue weighted by molar-refractivity contribution is -0.117. The van der Waals surface area contributed by atoms with Crippen LogP contribution in [0.15, 0.2) is 36.8 Å². The van der Waals surface area contributed by atoms with Crippen molar-refractivity contribution in [1.82, 2.24) is 24.2 Å². The van der Waals surface area contributed by atoms with Crippen molar-refractivity contribution >= 4 is 22.6 Å². The van der Waals surface area contributed by atoms with E-state index in [1.165, 1.54) is 0 Å². The Kier molecular flexibility index (Phi) is 4.83. The maximum atomic E-state index is 12.5. The third kappa shape index (κ3) is 3.50. The largest absolute Gasteiger partial charge is 0.391 e. The van der Waals surface area contributed by atoms with Crippen molar-refractivity contribution in [2.45, 2.75) is 31.9 Å². The Morgan fingerprint density at radius 2 is 2.00 bits per heavy atom. The molecule has 8 heteroatoms. The molecule has 1 saturated carbocycles. The number of aliphatic hydroxyl groups is 1. The van der Waals surface area contributed by atoms with Gasteiger partial charge in [0.1, 0.15) is 0 Å². The van der Waals surface area contributed by atoms with Crippen LogP contribution in [0.3, 0.4) is 0 Å². The molecule has 158 valence electrons. The molecule has 4 atom stereocenters. The smallest absolute Gasteiger partial charge is 0.238 e. The zero-order valence-corrected chi connectivity index (χ0v) is 17.4. The first-order valence-corrected chi connectivity index (χ1v) is 10.6. The predicted molar refractivity (Wildman–Crippen MR) is 114 cm³/mol. The van der Waals surface area contributed by atoms with Crippen molar-refractivity contribution < 1.29 is 9.90 Å². The first kappa shape index (κ1) is 19.3. The second-order valence-corrected chi connectivity index (χ2v) is 8.81. The van der Waals surface area contributed by atoms with Crippen LogP contribution in [0.25, 0.3) is 11.0 Å². The van der Waals surface area contributed by atoms with E-state index in [4.69, 9.17) is 0 Å². The lowest BCUT2D eigenvalue weighted by Crippen LogP contribution is -2.36. The van der Waals surface area contributed by atoms with Crippen LogP contribution in [0.2, 0.25) is 0 Å². The number of likely N-dealkylation sites (tertiary alicyclic amines) is 1. The number of rotatable bonds is 4. The van der Waals surface area contributed by atoms with Gasteiger partial charge in [-0.1, -0.05) is 12.1 Å². The van der Waals surface area contributed by atoms with E-state index in [1.54, 1.807) is 4.68 Å². The van der Waals surface area contributed by atoms with Crippen LogP contribution in [-0.2, 0) is 11.8 Å². The molecule has 1 aromatic carbocycles. The first-order valence-electron chi connectivity index (χ1n) is 10.6. The van der Waals surface area contributed by atoms with Crippen LogP contribution >= 0.6 is 0 Å². The summed E-state index contributed by atoms with van der Waals surface area (Å²) in [6.45, 7) is 4.01. The minimum absolute atomic E-state index is 0.0116. The molecule has 30 heavy (non-hydrogen) atoms. The van der Waals surface area contributed by atoms with Gasteiger partial charge in [-0.15, -0.1) is 0 Å². The molecule has 8 nitrogen and oxygen atoms in total. The molecule has 1 aliphatic carbocycles. The van der Waals surface area contributed by atoms with E-state index >= 15 is 0 Å². The van der Waals surface area contributed by atoms with Crippen LogP contribution in [0.4, 0.5) is 5.69 Å². The Morgan fingerprint density at radius 3 is 2.77 bits per heavy atom. The fraction of sp³-hybridized carbons (Fsp3) is 0.500. The van der Waals surface area contributed by atoms with Gasteiger partial charge in [0, 0.05) is 26.3 Å². The van der Waals surface area contributed by atoms with Gasteiger partial charge in [-0.05, 0) is 43.7 Å². The van der Waals surface area contributed by atoms with Crippen LogP contribution in [0.5, 0.6) is 0 Å². The zero-order chi connectivity index (χ0) is 20.8. The van der Waals surface area contributed by atoms with Crippen LogP contribution in [0.1, 0.15) is 24.6 Å². The summed E-state index contributed by atoms with van der Waals surface area (Å²) >= 11 is 0. The summed E-state index contributed by atoms with van der Waals surface area (Å²) in [5.41, 5.74) is 3.62. The van der Waals surface area contributed by atoms with Crippen molar-refractivity contribution in [2.75, 3.05) is 25.0 Å². The number of para-hydroxylation sites is 2. The molecule has 2 fully saturated rings. The number of carbonyl (C=O) groups excluding carboxylic acids is 1. The number of aryl methyl sites for hydroxylation is 2. The molecule has 2 aliphatic rings. The number of carbonyl (C=O) groups is 1. The van der Waals surface area contributed by atoms with E-state index in [0.717, 1.165) is 48.3 Å². The van der Waals surface area contributed by atoms with E-state index in [0.29, 0.717) is 18.4 Å². The number of aromatic nitrogens is 4. The van der Waals surface area contributed by atoms with Crippen molar-refractivity contribution in [3.8, 4) is 0 Å². The maximum Gasteiger partial charge on any atom is 0.238 e. The second kappa shape index (κ2) is 7.52. The Labute approximate surface area is 175 Å². The van der Waals surface area contributed by atoms with Gasteiger partial charge in [0.2, 0.25) is 5.91 Å². The summed E-state index contributed by atoms with van der Waals surface area (Å²) < 4.78 is 3.84. The minimum Gasteiger partial charge on any atom is -0.391 e. The quantitative estimate of drug-likeness (QED) is 0.689. The Balaban J connectivity index is 1.24. The fourth-order valence-corrected chi connectivity index (χ4v) is 5.29. The van der Waals surface area contributed by atoms with Gasteiger partial charge in [-0.25, -0.2) is 4.98 Å². The monoisotopic (exact) mass is 408 g/mol. The van der Waals surface area contributed by atoms with E-state index in [2.05, 4.69) is 30.9 Å². The Bertz CT molecular complexity index is 1070.